The van der Waals surface area contributed by atoms with E-state index in [4.69, 9.17) is 5.11 Å². The van der Waals surface area contributed by atoms with Crippen molar-refractivity contribution in [3.05, 3.63) is 35.8 Å². The maximum absolute atomic E-state index is 10.8. The first-order chi connectivity index (χ1) is 8.22. The van der Waals surface area contributed by atoms with E-state index < -0.39 is 5.97 Å². The predicted molar refractivity (Wildman–Crippen MR) is 62.0 cm³/mol. The van der Waals surface area contributed by atoms with Gasteiger partial charge < -0.3 is 14.8 Å². The molecule has 1 fully saturated rings. The molecule has 5 nitrogen and oxygen atoms in total. The quantitative estimate of drug-likeness (QED) is 0.832. The van der Waals surface area contributed by atoms with Crippen LogP contribution >= 0.6 is 0 Å². The van der Waals surface area contributed by atoms with Gasteiger partial charge in [0.25, 0.3) is 0 Å². The zero-order valence-corrected chi connectivity index (χ0v) is 9.26. The van der Waals surface area contributed by atoms with Crippen LogP contribution in [-0.2, 0) is 6.54 Å². The largest absolute Gasteiger partial charge is 0.478 e. The van der Waals surface area contributed by atoms with Gasteiger partial charge in [0.1, 0.15) is 5.65 Å². The lowest BCUT2D eigenvalue weighted by Gasteiger charge is -1.96. The highest BCUT2D eigenvalue weighted by Gasteiger charge is 2.20. The predicted octanol–water partition coefficient (Wildman–Crippen LogP) is 1.28. The van der Waals surface area contributed by atoms with Gasteiger partial charge in [0.05, 0.1) is 11.3 Å². The fourth-order valence-corrected chi connectivity index (χ4v) is 1.79. The van der Waals surface area contributed by atoms with Gasteiger partial charge in [-0.1, -0.05) is 0 Å². The van der Waals surface area contributed by atoms with E-state index in [1.807, 2.05) is 6.20 Å². The Labute approximate surface area is 98.1 Å². The van der Waals surface area contributed by atoms with Gasteiger partial charge in [0, 0.05) is 25.0 Å². The molecule has 0 aliphatic heterocycles. The van der Waals surface area contributed by atoms with E-state index >= 15 is 0 Å². The van der Waals surface area contributed by atoms with Crippen LogP contribution in [-0.4, -0.2) is 26.5 Å². The SMILES string of the molecule is O=C(O)c1ccc2nc(CNC3CC3)cn2c1. The Bertz CT molecular complexity index is 572. The highest BCUT2D eigenvalue weighted by atomic mass is 16.4. The molecule has 1 aliphatic carbocycles. The maximum atomic E-state index is 10.8. The van der Waals surface area contributed by atoms with Crippen LogP contribution < -0.4 is 5.32 Å². The molecule has 3 rings (SSSR count). The third-order valence-corrected chi connectivity index (χ3v) is 2.90. The summed E-state index contributed by atoms with van der Waals surface area (Å²) in [6.45, 7) is 0.745. The molecule has 5 heteroatoms. The second-order valence-electron chi connectivity index (χ2n) is 4.38. The minimum absolute atomic E-state index is 0.275. The number of fused-ring (bicyclic) bond motifs is 1. The standard InChI is InChI=1S/C12H13N3O2/c16-12(17)8-1-4-11-14-10(7-15(11)6-8)5-13-9-2-3-9/h1,4,6-7,9,13H,2-3,5H2,(H,16,17). The molecule has 2 aromatic rings. The van der Waals surface area contributed by atoms with E-state index in [9.17, 15) is 4.79 Å². The fourth-order valence-electron chi connectivity index (χ4n) is 1.79. The fraction of sp³-hybridized carbons (Fsp3) is 0.333. The molecule has 0 unspecified atom stereocenters. The van der Waals surface area contributed by atoms with Crippen molar-refractivity contribution in [3.63, 3.8) is 0 Å². The molecule has 0 bridgehead atoms. The zero-order valence-electron chi connectivity index (χ0n) is 9.26. The molecule has 0 spiro atoms. The normalized spacial score (nSPS) is 15.3. The molecule has 1 saturated carbocycles. The Morgan fingerprint density at radius 2 is 2.29 bits per heavy atom. The minimum atomic E-state index is -0.918. The number of carbonyl (C=O) groups is 1. The van der Waals surface area contributed by atoms with Crippen LogP contribution in [0.25, 0.3) is 5.65 Å². The van der Waals surface area contributed by atoms with Crippen LogP contribution in [0.1, 0.15) is 28.9 Å². The molecule has 0 saturated heterocycles. The number of carboxylic acids is 1. The summed E-state index contributed by atoms with van der Waals surface area (Å²) in [4.78, 5) is 15.2. The molecule has 1 aliphatic rings. The van der Waals surface area contributed by atoms with E-state index in [1.54, 1.807) is 22.7 Å². The smallest absolute Gasteiger partial charge is 0.337 e. The zero-order chi connectivity index (χ0) is 11.8. The Morgan fingerprint density at radius 3 is 3.00 bits per heavy atom. The Hall–Kier alpha value is -1.88. The monoisotopic (exact) mass is 231 g/mol. The first-order valence-electron chi connectivity index (χ1n) is 5.67. The molecule has 0 aromatic carbocycles. The summed E-state index contributed by atoms with van der Waals surface area (Å²) in [5, 5.41) is 12.3. The number of carboxylic acid groups (broad SMARTS) is 1. The molecule has 2 N–H and O–H groups in total. The lowest BCUT2D eigenvalue weighted by atomic mass is 10.3. The van der Waals surface area contributed by atoms with Gasteiger partial charge in [-0.3, -0.25) is 0 Å². The lowest BCUT2D eigenvalue weighted by molar-refractivity contribution is 0.0696. The van der Waals surface area contributed by atoms with Crippen molar-refractivity contribution in [1.82, 2.24) is 14.7 Å². The molecule has 17 heavy (non-hydrogen) atoms. The van der Waals surface area contributed by atoms with E-state index in [-0.39, 0.29) is 5.56 Å². The number of imidazole rings is 1. The van der Waals surface area contributed by atoms with Gasteiger partial charge in [0.2, 0.25) is 0 Å². The number of nitrogens with one attached hydrogen (secondary N) is 1. The number of pyridine rings is 1. The van der Waals surface area contributed by atoms with Gasteiger partial charge in [-0.15, -0.1) is 0 Å². The topological polar surface area (TPSA) is 66.6 Å². The molecule has 0 radical (unpaired) electrons. The van der Waals surface area contributed by atoms with Gasteiger partial charge >= 0.3 is 5.97 Å². The van der Waals surface area contributed by atoms with E-state index in [1.165, 1.54) is 12.8 Å². The van der Waals surface area contributed by atoms with Crippen LogP contribution in [0.15, 0.2) is 24.5 Å². The molecule has 2 aromatic heterocycles. The van der Waals surface area contributed by atoms with E-state index in [0.717, 1.165) is 17.9 Å². The van der Waals surface area contributed by atoms with Crippen molar-refractivity contribution in [3.8, 4) is 0 Å². The number of hydrogen-bond acceptors (Lipinski definition) is 3. The summed E-state index contributed by atoms with van der Waals surface area (Å²) in [5.74, 6) is -0.918. The van der Waals surface area contributed by atoms with Crippen LogP contribution in [0, 0.1) is 0 Å². The summed E-state index contributed by atoms with van der Waals surface area (Å²) in [7, 11) is 0. The van der Waals surface area contributed by atoms with Gasteiger partial charge in [-0.25, -0.2) is 9.78 Å². The first-order valence-corrected chi connectivity index (χ1v) is 5.67. The van der Waals surface area contributed by atoms with Crippen molar-refractivity contribution >= 4 is 11.6 Å². The van der Waals surface area contributed by atoms with Gasteiger partial charge in [-0.2, -0.15) is 0 Å². The molecule has 2 heterocycles. The number of rotatable bonds is 4. The molecule has 0 atom stereocenters. The second-order valence-corrected chi connectivity index (χ2v) is 4.38. The molecular weight excluding hydrogens is 218 g/mol. The first kappa shape index (κ1) is 10.3. The van der Waals surface area contributed by atoms with Crippen molar-refractivity contribution in [2.75, 3.05) is 0 Å². The molecule has 88 valence electrons. The maximum Gasteiger partial charge on any atom is 0.337 e. The van der Waals surface area contributed by atoms with Crippen molar-refractivity contribution in [1.29, 1.82) is 0 Å². The summed E-state index contributed by atoms with van der Waals surface area (Å²) < 4.78 is 1.76. The summed E-state index contributed by atoms with van der Waals surface area (Å²) >= 11 is 0. The van der Waals surface area contributed by atoms with Crippen molar-refractivity contribution < 1.29 is 9.90 Å². The van der Waals surface area contributed by atoms with Crippen LogP contribution in [0.5, 0.6) is 0 Å². The third kappa shape index (κ3) is 2.14. The lowest BCUT2D eigenvalue weighted by Crippen LogP contribution is -2.15. The van der Waals surface area contributed by atoms with Crippen LogP contribution in [0.4, 0.5) is 0 Å². The van der Waals surface area contributed by atoms with E-state index in [0.29, 0.717) is 6.04 Å². The number of aromatic carboxylic acids is 1. The average molecular weight is 231 g/mol. The molecular formula is C12H13N3O2. The van der Waals surface area contributed by atoms with Crippen LogP contribution in [0.3, 0.4) is 0 Å². The Kier molecular flexibility index (Phi) is 2.33. The number of aromatic nitrogens is 2. The number of hydrogen-bond donors (Lipinski definition) is 2. The second kappa shape index (κ2) is 3.85. The van der Waals surface area contributed by atoms with Crippen molar-refractivity contribution in [2.24, 2.45) is 0 Å². The van der Waals surface area contributed by atoms with Crippen LogP contribution in [0.2, 0.25) is 0 Å². The Balaban J connectivity index is 1.86. The Morgan fingerprint density at radius 1 is 1.47 bits per heavy atom. The highest BCUT2D eigenvalue weighted by molar-refractivity contribution is 5.87. The van der Waals surface area contributed by atoms with Crippen molar-refractivity contribution in [2.45, 2.75) is 25.4 Å². The summed E-state index contributed by atoms with van der Waals surface area (Å²) in [6.07, 6.45) is 5.95. The van der Waals surface area contributed by atoms with Gasteiger partial charge in [0.15, 0.2) is 0 Å². The highest BCUT2D eigenvalue weighted by Crippen LogP contribution is 2.19. The van der Waals surface area contributed by atoms with E-state index in [2.05, 4.69) is 10.3 Å². The summed E-state index contributed by atoms with van der Waals surface area (Å²) in [6, 6.07) is 3.95. The summed E-state index contributed by atoms with van der Waals surface area (Å²) in [5.41, 5.74) is 2.00. The number of nitrogens with zero attached hydrogens (tertiary/aromatic N) is 2. The minimum Gasteiger partial charge on any atom is -0.478 e. The average Bonchev–Trinajstić information content (AvgIpc) is 3.04. The third-order valence-electron chi connectivity index (χ3n) is 2.90. The molecule has 0 amide bonds. The van der Waals surface area contributed by atoms with Gasteiger partial charge in [-0.05, 0) is 25.0 Å².